The fraction of sp³-hybridized carbons (Fsp3) is 0.412. The number of nitrogens with zero attached hydrogens (tertiary/aromatic N) is 4. The number of anilines is 1. The normalized spacial score (nSPS) is 14.0. The van der Waals surface area contributed by atoms with Gasteiger partial charge in [0.1, 0.15) is 11.5 Å². The molecular formula is C17H23ClN4O3. The molecule has 136 valence electrons. The molecule has 1 aliphatic rings. The second kappa shape index (κ2) is 8.11. The van der Waals surface area contributed by atoms with E-state index in [1.807, 2.05) is 22.7 Å². The minimum absolute atomic E-state index is 0. The number of hydrogen-bond acceptors (Lipinski definition) is 5. The van der Waals surface area contributed by atoms with E-state index in [4.69, 9.17) is 9.47 Å². The maximum absolute atomic E-state index is 12.8. The van der Waals surface area contributed by atoms with Crippen LogP contribution in [0.5, 0.6) is 11.5 Å². The van der Waals surface area contributed by atoms with Crippen LogP contribution in [0.4, 0.5) is 5.95 Å². The van der Waals surface area contributed by atoms with Crippen molar-refractivity contribution in [2.75, 3.05) is 45.3 Å². The number of imidazole rings is 1. The van der Waals surface area contributed by atoms with Gasteiger partial charge in [0, 0.05) is 51.7 Å². The molecule has 1 aromatic heterocycles. The van der Waals surface area contributed by atoms with Gasteiger partial charge in [0.25, 0.3) is 5.91 Å². The smallest absolute Gasteiger partial charge is 0.257 e. The largest absolute Gasteiger partial charge is 0.497 e. The van der Waals surface area contributed by atoms with Crippen molar-refractivity contribution in [2.24, 2.45) is 7.05 Å². The topological polar surface area (TPSA) is 59.8 Å². The molecule has 0 N–H and O–H groups in total. The third-order valence-electron chi connectivity index (χ3n) is 4.28. The first-order chi connectivity index (χ1) is 11.6. The molecule has 1 aliphatic heterocycles. The molecule has 0 spiro atoms. The maximum atomic E-state index is 12.8. The van der Waals surface area contributed by atoms with E-state index in [-0.39, 0.29) is 18.3 Å². The van der Waals surface area contributed by atoms with Crippen molar-refractivity contribution in [3.8, 4) is 11.5 Å². The van der Waals surface area contributed by atoms with Gasteiger partial charge in [-0.25, -0.2) is 4.98 Å². The van der Waals surface area contributed by atoms with Crippen LogP contribution >= 0.6 is 12.4 Å². The molecule has 2 aromatic rings. The van der Waals surface area contributed by atoms with E-state index in [1.54, 1.807) is 38.6 Å². The number of ether oxygens (including phenoxy) is 2. The number of carbonyl (C=O) groups is 1. The van der Waals surface area contributed by atoms with Crippen LogP contribution in [0.15, 0.2) is 30.6 Å². The lowest BCUT2D eigenvalue weighted by Crippen LogP contribution is -2.49. The molecule has 2 heterocycles. The van der Waals surface area contributed by atoms with Crippen LogP contribution in [0.1, 0.15) is 10.4 Å². The fourth-order valence-electron chi connectivity index (χ4n) is 2.92. The summed E-state index contributed by atoms with van der Waals surface area (Å²) in [7, 11) is 5.12. The molecule has 0 saturated carbocycles. The highest BCUT2D eigenvalue weighted by Gasteiger charge is 2.25. The van der Waals surface area contributed by atoms with E-state index in [2.05, 4.69) is 9.88 Å². The van der Waals surface area contributed by atoms with Crippen molar-refractivity contribution >= 4 is 24.3 Å². The fourth-order valence-corrected chi connectivity index (χ4v) is 2.92. The van der Waals surface area contributed by atoms with Gasteiger partial charge in [-0.05, 0) is 12.1 Å². The van der Waals surface area contributed by atoms with Gasteiger partial charge in [0.05, 0.1) is 19.8 Å². The standard InChI is InChI=1S/C17H22N4O3.ClH/c1-19-7-6-18-17(19)21-10-8-20(9-11-21)16(22)14-5-4-13(23-2)12-15(14)24-3;/h4-7,12H,8-11H2,1-3H3;1H. The number of halogens is 1. The molecule has 0 atom stereocenters. The molecule has 0 aliphatic carbocycles. The highest BCUT2D eigenvalue weighted by molar-refractivity contribution is 5.97. The van der Waals surface area contributed by atoms with E-state index >= 15 is 0 Å². The van der Waals surface area contributed by atoms with Crippen LogP contribution in [0, 0.1) is 0 Å². The molecule has 0 bridgehead atoms. The third kappa shape index (κ3) is 3.82. The number of benzene rings is 1. The molecular weight excluding hydrogens is 344 g/mol. The van der Waals surface area contributed by atoms with Gasteiger partial charge in [-0.1, -0.05) is 0 Å². The monoisotopic (exact) mass is 366 g/mol. The minimum atomic E-state index is -0.0195. The molecule has 0 unspecified atom stereocenters. The van der Waals surface area contributed by atoms with Crippen molar-refractivity contribution in [3.05, 3.63) is 36.2 Å². The molecule has 25 heavy (non-hydrogen) atoms. The van der Waals surface area contributed by atoms with Crippen LogP contribution < -0.4 is 14.4 Å². The average molecular weight is 367 g/mol. The minimum Gasteiger partial charge on any atom is -0.497 e. The Bertz CT molecular complexity index is 726. The zero-order valence-corrected chi connectivity index (χ0v) is 15.5. The lowest BCUT2D eigenvalue weighted by Gasteiger charge is -2.35. The van der Waals surface area contributed by atoms with E-state index < -0.39 is 0 Å². The quantitative estimate of drug-likeness (QED) is 0.826. The van der Waals surface area contributed by atoms with E-state index in [0.29, 0.717) is 30.2 Å². The zero-order valence-electron chi connectivity index (χ0n) is 14.6. The number of aryl methyl sites for hydroxylation is 1. The van der Waals surface area contributed by atoms with Gasteiger partial charge in [-0.3, -0.25) is 4.79 Å². The third-order valence-corrected chi connectivity index (χ3v) is 4.28. The van der Waals surface area contributed by atoms with Gasteiger partial charge in [-0.15, -0.1) is 12.4 Å². The number of amides is 1. The summed E-state index contributed by atoms with van der Waals surface area (Å²) in [6.07, 6.45) is 3.71. The summed E-state index contributed by atoms with van der Waals surface area (Å²) in [4.78, 5) is 21.2. The number of piperazine rings is 1. The summed E-state index contributed by atoms with van der Waals surface area (Å²) < 4.78 is 12.5. The summed E-state index contributed by atoms with van der Waals surface area (Å²) >= 11 is 0. The van der Waals surface area contributed by atoms with E-state index in [0.717, 1.165) is 19.0 Å². The van der Waals surface area contributed by atoms with Crippen molar-refractivity contribution in [2.45, 2.75) is 0 Å². The van der Waals surface area contributed by atoms with Crippen LogP contribution in [0.25, 0.3) is 0 Å². The number of hydrogen-bond donors (Lipinski definition) is 0. The van der Waals surface area contributed by atoms with E-state index in [1.165, 1.54) is 0 Å². The summed E-state index contributed by atoms with van der Waals surface area (Å²) in [5.41, 5.74) is 0.559. The Hall–Kier alpha value is -2.41. The molecule has 1 saturated heterocycles. The van der Waals surface area contributed by atoms with Crippen molar-refractivity contribution in [1.82, 2.24) is 14.5 Å². The molecule has 3 rings (SSSR count). The highest BCUT2D eigenvalue weighted by atomic mass is 35.5. The number of aromatic nitrogens is 2. The van der Waals surface area contributed by atoms with E-state index in [9.17, 15) is 4.79 Å². The summed E-state index contributed by atoms with van der Waals surface area (Å²) in [5.74, 6) is 2.12. The van der Waals surface area contributed by atoms with Crippen LogP contribution in [-0.2, 0) is 7.05 Å². The Balaban J connectivity index is 0.00000225. The predicted molar refractivity (Wildman–Crippen MR) is 98.1 cm³/mol. The SMILES string of the molecule is COc1ccc(C(=O)N2CCN(c3nccn3C)CC2)c(OC)c1.Cl. The van der Waals surface area contributed by atoms with Crippen molar-refractivity contribution < 1.29 is 14.3 Å². The lowest BCUT2D eigenvalue weighted by molar-refractivity contribution is 0.0742. The first-order valence-corrected chi connectivity index (χ1v) is 7.87. The Labute approximate surface area is 153 Å². The first-order valence-electron chi connectivity index (χ1n) is 7.87. The molecule has 0 radical (unpaired) electrons. The number of rotatable bonds is 4. The summed E-state index contributed by atoms with van der Waals surface area (Å²) in [5, 5.41) is 0. The predicted octanol–water partition coefficient (Wildman–Crippen LogP) is 1.82. The Morgan fingerprint density at radius 2 is 1.84 bits per heavy atom. The zero-order chi connectivity index (χ0) is 17.1. The Kier molecular flexibility index (Phi) is 6.14. The van der Waals surface area contributed by atoms with Gasteiger partial charge < -0.3 is 23.8 Å². The Morgan fingerprint density at radius 3 is 2.40 bits per heavy atom. The molecule has 1 amide bonds. The van der Waals surface area contributed by atoms with Gasteiger partial charge in [0.15, 0.2) is 0 Å². The van der Waals surface area contributed by atoms with Gasteiger partial charge in [-0.2, -0.15) is 0 Å². The highest BCUT2D eigenvalue weighted by Crippen LogP contribution is 2.26. The van der Waals surface area contributed by atoms with Crippen molar-refractivity contribution in [3.63, 3.8) is 0 Å². The molecule has 1 aromatic carbocycles. The van der Waals surface area contributed by atoms with Crippen LogP contribution in [0.3, 0.4) is 0 Å². The molecule has 8 heteroatoms. The van der Waals surface area contributed by atoms with Gasteiger partial charge in [0.2, 0.25) is 5.95 Å². The average Bonchev–Trinajstić information content (AvgIpc) is 3.06. The maximum Gasteiger partial charge on any atom is 0.257 e. The van der Waals surface area contributed by atoms with Crippen LogP contribution in [-0.4, -0.2) is 60.8 Å². The number of carbonyl (C=O) groups excluding carboxylic acids is 1. The first kappa shape index (κ1) is 18.9. The summed E-state index contributed by atoms with van der Waals surface area (Å²) in [6.45, 7) is 2.83. The second-order valence-electron chi connectivity index (χ2n) is 5.68. The Morgan fingerprint density at radius 1 is 1.12 bits per heavy atom. The summed E-state index contributed by atoms with van der Waals surface area (Å²) in [6, 6.07) is 5.27. The molecule has 1 fully saturated rings. The van der Waals surface area contributed by atoms with Crippen LogP contribution in [0.2, 0.25) is 0 Å². The number of methoxy groups -OCH3 is 2. The lowest BCUT2D eigenvalue weighted by atomic mass is 10.1. The molecule has 7 nitrogen and oxygen atoms in total. The van der Waals surface area contributed by atoms with Crippen molar-refractivity contribution in [1.29, 1.82) is 0 Å². The van der Waals surface area contributed by atoms with Gasteiger partial charge >= 0.3 is 0 Å². The second-order valence-corrected chi connectivity index (χ2v) is 5.68.